The van der Waals surface area contributed by atoms with Crippen LogP contribution in [0.3, 0.4) is 0 Å². The molecule has 0 saturated carbocycles. The first-order valence-corrected chi connectivity index (χ1v) is 17.6. The number of sulfonamides is 1. The monoisotopic (exact) mass is 640 g/mol. The van der Waals surface area contributed by atoms with Crippen molar-refractivity contribution in [3.05, 3.63) is 64.5 Å². The van der Waals surface area contributed by atoms with Gasteiger partial charge >= 0.3 is 6.09 Å². The van der Waals surface area contributed by atoms with Crippen molar-refractivity contribution in [2.45, 2.75) is 57.4 Å². The number of rotatable bonds is 11. The highest BCUT2D eigenvalue weighted by Crippen LogP contribution is 2.46. The number of fused-ring (bicyclic) bond motifs is 2. The Labute approximate surface area is 260 Å². The van der Waals surface area contributed by atoms with Gasteiger partial charge in [-0.05, 0) is 61.2 Å². The topological polar surface area (TPSA) is 109 Å². The number of para-hydroxylation sites is 1. The average Bonchev–Trinajstić information content (AvgIpc) is 3.60. The molecule has 0 unspecified atom stereocenters. The molecule has 12 heteroatoms. The van der Waals surface area contributed by atoms with Gasteiger partial charge in [0, 0.05) is 35.6 Å². The molecule has 2 aromatic carbocycles. The van der Waals surface area contributed by atoms with Crippen molar-refractivity contribution in [3.63, 3.8) is 0 Å². The number of carbonyl (C=O) groups is 2. The Hall–Kier alpha value is -3.32. The molecular weight excluding hydrogens is 605 g/mol. The highest BCUT2D eigenvalue weighted by molar-refractivity contribution is 7.89. The minimum atomic E-state index is -3.66. The molecule has 228 valence electrons. The number of hydrogen-bond acceptors (Lipinski definition) is 8. The third kappa shape index (κ3) is 6.62. The quantitative estimate of drug-likeness (QED) is 0.189. The molecular formula is C31H36N4O5S3. The number of methoxy groups -OCH3 is 1. The second kappa shape index (κ2) is 13.5. The molecule has 5 rings (SSSR count). The molecule has 1 aliphatic rings. The van der Waals surface area contributed by atoms with E-state index in [4.69, 9.17) is 9.72 Å². The predicted octanol–water partition coefficient (Wildman–Crippen LogP) is 6.99. The molecule has 43 heavy (non-hydrogen) atoms. The molecule has 1 N–H and O–H groups in total. The number of thiophene rings is 1. The van der Waals surface area contributed by atoms with Crippen molar-refractivity contribution in [2.75, 3.05) is 32.1 Å². The maximum absolute atomic E-state index is 13.5. The summed E-state index contributed by atoms with van der Waals surface area (Å²) in [6, 6.07) is 14.0. The summed E-state index contributed by atoms with van der Waals surface area (Å²) in [7, 11) is -2.29. The van der Waals surface area contributed by atoms with Crippen molar-refractivity contribution < 1.29 is 22.7 Å². The van der Waals surface area contributed by atoms with E-state index in [1.165, 1.54) is 30.6 Å². The van der Waals surface area contributed by atoms with Gasteiger partial charge in [0.25, 0.3) is 5.91 Å². The summed E-state index contributed by atoms with van der Waals surface area (Å²) in [5, 5.41) is 4.54. The van der Waals surface area contributed by atoms with Gasteiger partial charge in [-0.15, -0.1) is 22.7 Å². The zero-order valence-electron chi connectivity index (χ0n) is 24.6. The number of benzene rings is 2. The second-order valence-corrected chi connectivity index (χ2v) is 14.5. The van der Waals surface area contributed by atoms with Gasteiger partial charge in [0.2, 0.25) is 10.0 Å². The van der Waals surface area contributed by atoms with Crippen molar-refractivity contribution >= 4 is 59.9 Å². The molecule has 0 bridgehead atoms. The van der Waals surface area contributed by atoms with Crippen molar-refractivity contribution in [2.24, 2.45) is 0 Å². The zero-order chi connectivity index (χ0) is 30.6. The van der Waals surface area contributed by atoms with Crippen molar-refractivity contribution in [1.29, 1.82) is 0 Å². The number of thiazole rings is 1. The van der Waals surface area contributed by atoms with E-state index >= 15 is 0 Å². The van der Waals surface area contributed by atoms with E-state index in [2.05, 4.69) is 5.32 Å². The fraction of sp³-hybridized carbons (Fsp3) is 0.387. The summed E-state index contributed by atoms with van der Waals surface area (Å²) in [5.74, 6) is -0.344. The lowest BCUT2D eigenvalue weighted by Gasteiger charge is -2.25. The fourth-order valence-electron chi connectivity index (χ4n) is 5.11. The number of hydrogen-bond donors (Lipinski definition) is 1. The highest BCUT2D eigenvalue weighted by atomic mass is 32.2. The number of nitrogens with one attached hydrogen (secondary N) is 1. The van der Waals surface area contributed by atoms with Crippen LogP contribution in [0.4, 0.5) is 9.80 Å². The standard InChI is InChI=1S/C31H36N4O5S3/c1-4-6-17-35(18-7-5-2)43(38,39)22-14-12-21(13-15-22)28(36)33-30-27(29-32-24-10-8-9-11-25(24)41-29)23-16-19-34(31(37)40-3)20-26(23)42-30/h8-15H,4-7,16-20H2,1-3H3,(H,33,36). The number of aromatic nitrogens is 1. The minimum absolute atomic E-state index is 0.181. The third-order valence-corrected chi connectivity index (χ3v) is 11.6. The van der Waals surface area contributed by atoms with Crippen LogP contribution in [0.2, 0.25) is 0 Å². The number of amides is 2. The Morgan fingerprint density at radius 3 is 2.37 bits per heavy atom. The second-order valence-electron chi connectivity index (χ2n) is 10.4. The van der Waals surface area contributed by atoms with Crippen LogP contribution < -0.4 is 5.32 Å². The first-order chi connectivity index (χ1) is 20.8. The van der Waals surface area contributed by atoms with Crippen molar-refractivity contribution in [1.82, 2.24) is 14.2 Å². The maximum Gasteiger partial charge on any atom is 0.409 e. The van der Waals surface area contributed by atoms with E-state index in [1.807, 2.05) is 38.1 Å². The molecule has 0 atom stereocenters. The van der Waals surface area contributed by atoms with E-state index in [0.717, 1.165) is 56.9 Å². The predicted molar refractivity (Wildman–Crippen MR) is 172 cm³/mol. The summed E-state index contributed by atoms with van der Waals surface area (Å²) >= 11 is 2.99. The van der Waals surface area contributed by atoms with Gasteiger partial charge in [-0.25, -0.2) is 18.2 Å². The number of unbranched alkanes of at least 4 members (excludes halogenated alkanes) is 2. The third-order valence-electron chi connectivity index (χ3n) is 7.50. The summed E-state index contributed by atoms with van der Waals surface area (Å²) in [4.78, 5) is 33.4. The molecule has 2 aromatic heterocycles. The zero-order valence-corrected chi connectivity index (χ0v) is 27.0. The number of ether oxygens (including phenoxy) is 1. The molecule has 3 heterocycles. The van der Waals surface area contributed by atoms with Gasteiger partial charge in [0.15, 0.2) is 0 Å². The van der Waals surface area contributed by atoms with Crippen LogP contribution in [-0.2, 0) is 27.7 Å². The number of carbonyl (C=O) groups excluding carboxylic acids is 2. The van der Waals surface area contributed by atoms with E-state index in [-0.39, 0.29) is 16.9 Å². The number of nitrogens with zero attached hydrogens (tertiary/aromatic N) is 3. The van der Waals surface area contributed by atoms with Crippen LogP contribution in [0.25, 0.3) is 20.8 Å². The SMILES string of the molecule is CCCCN(CCCC)S(=O)(=O)c1ccc(C(=O)Nc2sc3c(c2-c2nc4ccccc4s2)CCN(C(=O)OC)C3)cc1. The Kier molecular flexibility index (Phi) is 9.80. The van der Waals surface area contributed by atoms with Crippen LogP contribution in [0.5, 0.6) is 0 Å². The Bertz CT molecular complexity index is 1670. The molecule has 1 aliphatic heterocycles. The molecule has 0 saturated heterocycles. The normalized spacial score (nSPS) is 13.3. The molecule has 0 aliphatic carbocycles. The minimum Gasteiger partial charge on any atom is -0.453 e. The highest BCUT2D eigenvalue weighted by Gasteiger charge is 2.30. The van der Waals surface area contributed by atoms with E-state index in [1.54, 1.807) is 32.7 Å². The van der Waals surface area contributed by atoms with Crippen LogP contribution in [0, 0.1) is 0 Å². The van der Waals surface area contributed by atoms with Gasteiger partial charge in [-0.2, -0.15) is 4.31 Å². The summed E-state index contributed by atoms with van der Waals surface area (Å²) < 4.78 is 34.3. The van der Waals surface area contributed by atoms with Gasteiger partial charge in [-0.1, -0.05) is 38.8 Å². The smallest absolute Gasteiger partial charge is 0.409 e. The lowest BCUT2D eigenvalue weighted by atomic mass is 10.0. The lowest BCUT2D eigenvalue weighted by molar-refractivity contribution is 0.102. The molecule has 9 nitrogen and oxygen atoms in total. The van der Waals surface area contributed by atoms with Crippen LogP contribution in [0.15, 0.2) is 53.4 Å². The molecule has 2 amide bonds. The molecule has 0 radical (unpaired) electrons. The Morgan fingerprint density at radius 2 is 1.72 bits per heavy atom. The van der Waals surface area contributed by atoms with Crippen LogP contribution in [0.1, 0.15) is 60.3 Å². The van der Waals surface area contributed by atoms with Crippen molar-refractivity contribution in [3.8, 4) is 10.6 Å². The fourth-order valence-corrected chi connectivity index (χ4v) is 8.99. The first-order valence-electron chi connectivity index (χ1n) is 14.5. The maximum atomic E-state index is 13.5. The van der Waals surface area contributed by atoms with Crippen LogP contribution >= 0.6 is 22.7 Å². The van der Waals surface area contributed by atoms with E-state index in [9.17, 15) is 18.0 Å². The van der Waals surface area contributed by atoms with Gasteiger partial charge in [-0.3, -0.25) is 4.79 Å². The first kappa shape index (κ1) is 31.1. The average molecular weight is 641 g/mol. The summed E-state index contributed by atoms with van der Waals surface area (Å²) in [6.07, 6.45) is 3.63. The van der Waals surface area contributed by atoms with E-state index in [0.29, 0.717) is 43.2 Å². The molecule has 4 aromatic rings. The van der Waals surface area contributed by atoms with Crippen LogP contribution in [-0.4, -0.2) is 61.4 Å². The molecule has 0 fully saturated rings. The van der Waals surface area contributed by atoms with Gasteiger partial charge in [0.05, 0.1) is 28.8 Å². The molecule has 0 spiro atoms. The lowest BCUT2D eigenvalue weighted by Crippen LogP contribution is -2.35. The van der Waals surface area contributed by atoms with E-state index < -0.39 is 10.0 Å². The number of anilines is 1. The Morgan fingerprint density at radius 1 is 1.02 bits per heavy atom. The van der Waals surface area contributed by atoms with Gasteiger partial charge in [0.1, 0.15) is 10.0 Å². The largest absolute Gasteiger partial charge is 0.453 e. The summed E-state index contributed by atoms with van der Waals surface area (Å²) in [5.41, 5.74) is 3.18. The summed E-state index contributed by atoms with van der Waals surface area (Å²) in [6.45, 7) is 5.93. The Balaban J connectivity index is 1.43. The van der Waals surface area contributed by atoms with Gasteiger partial charge < -0.3 is 15.0 Å².